The Bertz CT molecular complexity index is 111. The second-order valence-corrected chi connectivity index (χ2v) is 2.49. The zero-order chi connectivity index (χ0) is 4.69. The van der Waals surface area contributed by atoms with Crippen molar-refractivity contribution in [1.29, 1.82) is 0 Å². The molecular formula is C7H9. The molecule has 2 aliphatic rings. The summed E-state index contributed by atoms with van der Waals surface area (Å²) < 4.78 is 0. The molecule has 2 bridgehead atoms. The second kappa shape index (κ2) is 1.12. The van der Waals surface area contributed by atoms with E-state index in [2.05, 4.69) is 6.08 Å². The minimum atomic E-state index is 1.31. The SMILES string of the molecule is C1=C2CC[C](C1)C2. The summed E-state index contributed by atoms with van der Waals surface area (Å²) in [5, 5.41) is 0. The number of hydrogen-bond acceptors (Lipinski definition) is 0. The van der Waals surface area contributed by atoms with Crippen LogP contribution in [0, 0.1) is 5.92 Å². The topological polar surface area (TPSA) is 0 Å². The first kappa shape index (κ1) is 3.71. The van der Waals surface area contributed by atoms with Crippen molar-refractivity contribution < 1.29 is 0 Å². The molecule has 0 saturated heterocycles. The minimum Gasteiger partial charge on any atom is -0.0847 e. The Morgan fingerprint density at radius 1 is 1.29 bits per heavy atom. The Labute approximate surface area is 44.2 Å². The molecule has 2 rings (SSSR count). The van der Waals surface area contributed by atoms with E-state index in [9.17, 15) is 0 Å². The molecule has 37 valence electrons. The lowest BCUT2D eigenvalue weighted by molar-refractivity contribution is 0.854. The summed E-state index contributed by atoms with van der Waals surface area (Å²) in [6.45, 7) is 0. The molecule has 0 aromatic rings. The lowest BCUT2D eigenvalue weighted by Crippen LogP contribution is -1.82. The van der Waals surface area contributed by atoms with E-state index in [1.165, 1.54) is 25.7 Å². The van der Waals surface area contributed by atoms with Crippen molar-refractivity contribution in [2.24, 2.45) is 0 Å². The lowest BCUT2D eigenvalue weighted by Gasteiger charge is -1.98. The van der Waals surface area contributed by atoms with Gasteiger partial charge >= 0.3 is 0 Å². The zero-order valence-electron chi connectivity index (χ0n) is 4.41. The summed E-state index contributed by atoms with van der Waals surface area (Å²) in [6, 6.07) is 0. The molecule has 0 aromatic heterocycles. The highest BCUT2D eigenvalue weighted by Crippen LogP contribution is 2.40. The van der Waals surface area contributed by atoms with Crippen molar-refractivity contribution in [3.63, 3.8) is 0 Å². The van der Waals surface area contributed by atoms with Gasteiger partial charge in [-0.1, -0.05) is 11.6 Å². The maximum absolute atomic E-state index is 2.39. The van der Waals surface area contributed by atoms with E-state index in [4.69, 9.17) is 0 Å². The van der Waals surface area contributed by atoms with Crippen LogP contribution >= 0.6 is 0 Å². The van der Waals surface area contributed by atoms with Crippen molar-refractivity contribution in [2.45, 2.75) is 25.7 Å². The van der Waals surface area contributed by atoms with Gasteiger partial charge in [0.15, 0.2) is 0 Å². The largest absolute Gasteiger partial charge is 0.0847 e. The summed E-state index contributed by atoms with van der Waals surface area (Å²) in [5.74, 6) is 1.77. The molecule has 1 radical (unpaired) electrons. The van der Waals surface area contributed by atoms with Crippen LogP contribution in [-0.2, 0) is 0 Å². The minimum absolute atomic E-state index is 1.31. The number of hydrogen-bond donors (Lipinski definition) is 0. The van der Waals surface area contributed by atoms with Gasteiger partial charge in [0.05, 0.1) is 0 Å². The fourth-order valence-electron chi connectivity index (χ4n) is 1.47. The van der Waals surface area contributed by atoms with Crippen LogP contribution in [0.25, 0.3) is 0 Å². The summed E-state index contributed by atoms with van der Waals surface area (Å²) in [5.41, 5.74) is 1.70. The molecule has 0 N–H and O–H groups in total. The van der Waals surface area contributed by atoms with Crippen molar-refractivity contribution >= 4 is 0 Å². The first-order chi connectivity index (χ1) is 3.45. The molecule has 0 amide bonds. The van der Waals surface area contributed by atoms with Crippen molar-refractivity contribution in [3.05, 3.63) is 17.6 Å². The number of allylic oxidation sites excluding steroid dienone is 2. The van der Waals surface area contributed by atoms with Gasteiger partial charge in [-0.2, -0.15) is 0 Å². The summed E-state index contributed by atoms with van der Waals surface area (Å²) in [7, 11) is 0. The molecule has 0 unspecified atom stereocenters. The normalized spacial score (nSPS) is 28.9. The fraction of sp³-hybridized carbons (Fsp3) is 0.571. The highest BCUT2D eigenvalue weighted by Gasteiger charge is 2.23. The average Bonchev–Trinajstić information content (AvgIpc) is 2.22. The van der Waals surface area contributed by atoms with Crippen LogP contribution in [0.15, 0.2) is 11.6 Å². The standard InChI is InChI=1S/C7H9/c1-2-7-4-3-6(1)5-7/h1H,2-5H2. The van der Waals surface area contributed by atoms with Gasteiger partial charge in [-0.05, 0) is 31.6 Å². The third-order valence-electron chi connectivity index (χ3n) is 1.96. The monoisotopic (exact) mass is 93.1 g/mol. The Hall–Kier alpha value is -0.260. The number of rotatable bonds is 0. The van der Waals surface area contributed by atoms with Crippen molar-refractivity contribution in [1.82, 2.24) is 0 Å². The molecule has 0 heteroatoms. The second-order valence-electron chi connectivity index (χ2n) is 2.49. The predicted molar refractivity (Wildman–Crippen MR) is 29.8 cm³/mol. The number of fused-ring (bicyclic) bond motifs is 2. The van der Waals surface area contributed by atoms with Gasteiger partial charge < -0.3 is 0 Å². The van der Waals surface area contributed by atoms with Gasteiger partial charge in [0.25, 0.3) is 0 Å². The molecule has 0 atom stereocenters. The molecule has 7 heavy (non-hydrogen) atoms. The molecule has 0 aromatic carbocycles. The Balaban J connectivity index is 2.30. The highest BCUT2D eigenvalue weighted by molar-refractivity contribution is 5.27. The quantitative estimate of drug-likeness (QED) is 0.402. The van der Waals surface area contributed by atoms with Crippen LogP contribution in [0.2, 0.25) is 0 Å². The predicted octanol–water partition coefficient (Wildman–Crippen LogP) is 2.07. The molecule has 0 spiro atoms. The average molecular weight is 93.1 g/mol. The van der Waals surface area contributed by atoms with E-state index < -0.39 is 0 Å². The van der Waals surface area contributed by atoms with Gasteiger partial charge in [0, 0.05) is 0 Å². The van der Waals surface area contributed by atoms with Crippen LogP contribution in [-0.4, -0.2) is 0 Å². The third-order valence-corrected chi connectivity index (χ3v) is 1.96. The molecule has 1 saturated carbocycles. The van der Waals surface area contributed by atoms with Gasteiger partial charge in [-0.25, -0.2) is 0 Å². The fourth-order valence-corrected chi connectivity index (χ4v) is 1.47. The first-order valence-corrected chi connectivity index (χ1v) is 2.96. The van der Waals surface area contributed by atoms with Crippen LogP contribution < -0.4 is 0 Å². The third kappa shape index (κ3) is 0.425. The maximum Gasteiger partial charge on any atom is -0.0160 e. The molecule has 2 aliphatic carbocycles. The Morgan fingerprint density at radius 2 is 2.29 bits per heavy atom. The van der Waals surface area contributed by atoms with Crippen molar-refractivity contribution in [2.75, 3.05) is 0 Å². The summed E-state index contributed by atoms with van der Waals surface area (Å²) in [4.78, 5) is 0. The van der Waals surface area contributed by atoms with Crippen LogP contribution in [0.5, 0.6) is 0 Å². The van der Waals surface area contributed by atoms with E-state index in [0.717, 1.165) is 0 Å². The Morgan fingerprint density at radius 3 is 2.43 bits per heavy atom. The van der Waals surface area contributed by atoms with E-state index in [-0.39, 0.29) is 0 Å². The van der Waals surface area contributed by atoms with Gasteiger partial charge in [-0.15, -0.1) is 0 Å². The molecule has 0 heterocycles. The van der Waals surface area contributed by atoms with Crippen LogP contribution in [0.3, 0.4) is 0 Å². The molecule has 0 aliphatic heterocycles. The highest BCUT2D eigenvalue weighted by atomic mass is 14.3. The molecular weight excluding hydrogens is 84.1 g/mol. The lowest BCUT2D eigenvalue weighted by atomic mass is 10.1. The van der Waals surface area contributed by atoms with Crippen LogP contribution in [0.4, 0.5) is 0 Å². The first-order valence-electron chi connectivity index (χ1n) is 2.96. The van der Waals surface area contributed by atoms with Crippen molar-refractivity contribution in [3.8, 4) is 0 Å². The summed E-state index contributed by atoms with van der Waals surface area (Å²) in [6.07, 6.45) is 7.86. The van der Waals surface area contributed by atoms with E-state index in [0.29, 0.717) is 0 Å². The smallest absolute Gasteiger partial charge is 0.0160 e. The van der Waals surface area contributed by atoms with E-state index in [1.807, 2.05) is 0 Å². The molecule has 0 nitrogen and oxygen atoms in total. The molecule has 1 fully saturated rings. The zero-order valence-corrected chi connectivity index (χ0v) is 4.41. The van der Waals surface area contributed by atoms with Gasteiger partial charge in [0.2, 0.25) is 0 Å². The van der Waals surface area contributed by atoms with E-state index in [1.54, 1.807) is 11.5 Å². The maximum atomic E-state index is 2.39. The van der Waals surface area contributed by atoms with Crippen LogP contribution in [0.1, 0.15) is 25.7 Å². The van der Waals surface area contributed by atoms with E-state index >= 15 is 0 Å². The van der Waals surface area contributed by atoms with Gasteiger partial charge in [-0.3, -0.25) is 0 Å². The summed E-state index contributed by atoms with van der Waals surface area (Å²) >= 11 is 0. The van der Waals surface area contributed by atoms with Gasteiger partial charge in [0.1, 0.15) is 0 Å². The Kier molecular flexibility index (Phi) is 0.592.